The lowest BCUT2D eigenvalue weighted by atomic mass is 10.1. The van der Waals surface area contributed by atoms with Gasteiger partial charge in [0.25, 0.3) is 5.91 Å². The van der Waals surface area contributed by atoms with Crippen LogP contribution in [0.1, 0.15) is 18.4 Å². The Kier molecular flexibility index (Phi) is 2.81. The molecule has 2 amide bonds. The molecule has 2 aliphatic heterocycles. The molecule has 5 nitrogen and oxygen atoms in total. The molecule has 1 aromatic rings. The summed E-state index contributed by atoms with van der Waals surface area (Å²) in [6.07, 6.45) is 1.67. The van der Waals surface area contributed by atoms with Gasteiger partial charge in [0.1, 0.15) is 5.71 Å². The van der Waals surface area contributed by atoms with Gasteiger partial charge >= 0.3 is 0 Å². The van der Waals surface area contributed by atoms with Crippen LogP contribution in [-0.4, -0.2) is 36.1 Å². The van der Waals surface area contributed by atoms with Crippen molar-refractivity contribution in [3.63, 3.8) is 0 Å². The molecule has 0 unspecified atom stereocenters. The van der Waals surface area contributed by atoms with E-state index in [4.69, 9.17) is 0 Å². The summed E-state index contributed by atoms with van der Waals surface area (Å²) in [6, 6.07) is 7.92. The van der Waals surface area contributed by atoms with E-state index in [1.54, 1.807) is 11.9 Å². The van der Waals surface area contributed by atoms with Crippen molar-refractivity contribution in [3.8, 4) is 0 Å². The van der Waals surface area contributed by atoms with Gasteiger partial charge in [0.05, 0.1) is 0 Å². The zero-order valence-corrected chi connectivity index (χ0v) is 10.8. The highest BCUT2D eigenvalue weighted by atomic mass is 16.2. The lowest BCUT2D eigenvalue weighted by molar-refractivity contribution is -0.130. The number of carbonyl (C=O) groups is 2. The van der Waals surface area contributed by atoms with Crippen LogP contribution in [0, 0.1) is 0 Å². The second-order valence-electron chi connectivity index (χ2n) is 4.80. The minimum absolute atomic E-state index is 0.0432. The summed E-state index contributed by atoms with van der Waals surface area (Å²) in [5.74, 6) is -0.123. The highest BCUT2D eigenvalue weighted by molar-refractivity contribution is 6.44. The van der Waals surface area contributed by atoms with E-state index in [2.05, 4.69) is 5.10 Å². The molecular formula is C14H15N3O2. The molecule has 19 heavy (non-hydrogen) atoms. The average molecular weight is 257 g/mol. The number of rotatable bonds is 1. The predicted molar refractivity (Wildman–Crippen MR) is 71.9 cm³/mol. The van der Waals surface area contributed by atoms with Crippen LogP contribution in [0.25, 0.3) is 0 Å². The van der Waals surface area contributed by atoms with E-state index in [-0.39, 0.29) is 11.8 Å². The van der Waals surface area contributed by atoms with Gasteiger partial charge in [0, 0.05) is 32.1 Å². The van der Waals surface area contributed by atoms with Crippen molar-refractivity contribution in [3.05, 3.63) is 29.8 Å². The number of anilines is 1. The number of hydrazone groups is 1. The maximum Gasteiger partial charge on any atom is 0.274 e. The lowest BCUT2D eigenvalue weighted by Crippen LogP contribution is -2.39. The van der Waals surface area contributed by atoms with Crippen molar-refractivity contribution in [2.75, 3.05) is 18.5 Å². The van der Waals surface area contributed by atoms with Crippen molar-refractivity contribution < 1.29 is 9.59 Å². The van der Waals surface area contributed by atoms with Gasteiger partial charge < -0.3 is 4.90 Å². The molecule has 0 spiro atoms. The molecular weight excluding hydrogens is 242 g/mol. The van der Waals surface area contributed by atoms with E-state index in [0.717, 1.165) is 12.1 Å². The van der Waals surface area contributed by atoms with Crippen molar-refractivity contribution in [2.45, 2.75) is 19.3 Å². The van der Waals surface area contributed by atoms with Gasteiger partial charge in [-0.3, -0.25) is 9.59 Å². The molecule has 1 aromatic carbocycles. The Bertz CT molecular complexity index is 580. The van der Waals surface area contributed by atoms with Crippen LogP contribution in [0.5, 0.6) is 0 Å². The van der Waals surface area contributed by atoms with Crippen molar-refractivity contribution in [1.29, 1.82) is 0 Å². The Morgan fingerprint density at radius 1 is 1.21 bits per heavy atom. The van der Waals surface area contributed by atoms with E-state index in [1.807, 2.05) is 24.3 Å². The molecule has 5 heteroatoms. The number of amides is 2. The fraction of sp³-hybridized carbons (Fsp3) is 0.357. The third kappa shape index (κ3) is 2.01. The largest absolute Gasteiger partial charge is 0.307 e. The fourth-order valence-corrected chi connectivity index (χ4v) is 2.53. The molecule has 0 saturated heterocycles. The second kappa shape index (κ2) is 4.50. The minimum atomic E-state index is -0.0794. The molecule has 98 valence electrons. The Morgan fingerprint density at radius 3 is 2.79 bits per heavy atom. The van der Waals surface area contributed by atoms with Crippen LogP contribution in [0.3, 0.4) is 0 Å². The van der Waals surface area contributed by atoms with Gasteiger partial charge in [-0.2, -0.15) is 5.10 Å². The summed E-state index contributed by atoms with van der Waals surface area (Å²) in [4.78, 5) is 25.6. The smallest absolute Gasteiger partial charge is 0.274 e. The molecule has 0 N–H and O–H groups in total. The van der Waals surface area contributed by atoms with E-state index < -0.39 is 0 Å². The summed E-state index contributed by atoms with van der Waals surface area (Å²) in [5, 5.41) is 5.35. The average Bonchev–Trinajstić information content (AvgIpc) is 2.85. The van der Waals surface area contributed by atoms with Crippen LogP contribution in [0.4, 0.5) is 5.69 Å². The maximum absolute atomic E-state index is 12.5. The van der Waals surface area contributed by atoms with Crippen molar-refractivity contribution >= 4 is 23.2 Å². The number of carbonyl (C=O) groups excluding carboxylic acids is 2. The standard InChI is InChI=1S/C14H15N3O2/c1-16-13(18)7-6-11(15-16)14(19)17-9-8-10-4-2-3-5-12(10)17/h2-5H,6-9H2,1H3. The Hall–Kier alpha value is -2.17. The number of fused-ring (bicyclic) bond motifs is 1. The van der Waals surface area contributed by atoms with Gasteiger partial charge in [0.15, 0.2) is 0 Å². The zero-order chi connectivity index (χ0) is 13.4. The highest BCUT2D eigenvalue weighted by Crippen LogP contribution is 2.28. The number of benzene rings is 1. The molecule has 3 rings (SSSR count). The Balaban J connectivity index is 1.87. The van der Waals surface area contributed by atoms with Gasteiger partial charge in [0.2, 0.25) is 5.91 Å². The van der Waals surface area contributed by atoms with Crippen LogP contribution in [0.2, 0.25) is 0 Å². The summed E-state index contributed by atoms with van der Waals surface area (Å²) in [7, 11) is 1.59. The van der Waals surface area contributed by atoms with Crippen LogP contribution >= 0.6 is 0 Å². The summed E-state index contributed by atoms with van der Waals surface area (Å²) < 4.78 is 0. The van der Waals surface area contributed by atoms with Gasteiger partial charge in [-0.15, -0.1) is 0 Å². The fourth-order valence-electron chi connectivity index (χ4n) is 2.53. The summed E-state index contributed by atoms with van der Waals surface area (Å²) in [5.41, 5.74) is 2.63. The van der Waals surface area contributed by atoms with Gasteiger partial charge in [-0.05, 0) is 18.1 Å². The number of hydrogen-bond acceptors (Lipinski definition) is 3. The lowest BCUT2D eigenvalue weighted by Gasteiger charge is -2.23. The third-order valence-corrected chi connectivity index (χ3v) is 3.59. The van der Waals surface area contributed by atoms with Gasteiger partial charge in [-0.1, -0.05) is 18.2 Å². The van der Waals surface area contributed by atoms with Crippen LogP contribution in [-0.2, 0) is 16.0 Å². The maximum atomic E-state index is 12.5. The molecule has 2 heterocycles. The first-order valence-electron chi connectivity index (χ1n) is 6.40. The molecule has 0 atom stereocenters. The van der Waals surface area contributed by atoms with E-state index in [0.29, 0.717) is 25.1 Å². The highest BCUT2D eigenvalue weighted by Gasteiger charge is 2.30. The first-order chi connectivity index (χ1) is 9.16. The summed E-state index contributed by atoms with van der Waals surface area (Å²) >= 11 is 0. The van der Waals surface area contributed by atoms with Crippen molar-refractivity contribution in [2.24, 2.45) is 5.10 Å². The third-order valence-electron chi connectivity index (χ3n) is 3.59. The normalized spacial score (nSPS) is 18.4. The first-order valence-corrected chi connectivity index (χ1v) is 6.40. The van der Waals surface area contributed by atoms with Gasteiger partial charge in [-0.25, -0.2) is 5.01 Å². The SMILES string of the molecule is CN1N=C(C(=O)N2CCc3ccccc32)CCC1=O. The number of para-hydroxylation sites is 1. The molecule has 0 saturated carbocycles. The predicted octanol–water partition coefficient (Wildman–Crippen LogP) is 1.18. The monoisotopic (exact) mass is 257 g/mol. The zero-order valence-electron chi connectivity index (χ0n) is 10.8. The number of nitrogens with zero attached hydrogens (tertiary/aromatic N) is 3. The van der Waals surface area contributed by atoms with Crippen molar-refractivity contribution in [1.82, 2.24) is 5.01 Å². The van der Waals surface area contributed by atoms with Crippen LogP contribution < -0.4 is 4.90 Å². The molecule has 0 aromatic heterocycles. The second-order valence-corrected chi connectivity index (χ2v) is 4.80. The number of hydrogen-bond donors (Lipinski definition) is 0. The first kappa shape index (κ1) is 11.9. The molecule has 0 aliphatic carbocycles. The molecule has 0 radical (unpaired) electrons. The molecule has 0 fully saturated rings. The van der Waals surface area contributed by atoms with E-state index >= 15 is 0 Å². The summed E-state index contributed by atoms with van der Waals surface area (Å²) in [6.45, 7) is 0.689. The quantitative estimate of drug-likeness (QED) is 0.758. The van der Waals surface area contributed by atoms with Crippen LogP contribution in [0.15, 0.2) is 29.4 Å². The Labute approximate surface area is 111 Å². The minimum Gasteiger partial charge on any atom is -0.307 e. The van der Waals surface area contributed by atoms with E-state index in [1.165, 1.54) is 10.6 Å². The Morgan fingerprint density at radius 2 is 2.00 bits per heavy atom. The molecule has 0 bridgehead atoms. The molecule has 2 aliphatic rings. The topological polar surface area (TPSA) is 53.0 Å². The van der Waals surface area contributed by atoms with E-state index in [9.17, 15) is 9.59 Å².